The average molecular weight is 313 g/mol. The fraction of sp³-hybridized carbons (Fsp3) is 0.500. The summed E-state index contributed by atoms with van der Waals surface area (Å²) in [5.74, 6) is 0.602. The van der Waals surface area contributed by atoms with Gasteiger partial charge >= 0.3 is 10.2 Å². The van der Waals surface area contributed by atoms with Crippen LogP contribution in [0.25, 0.3) is 0 Å². The molecule has 0 saturated carbocycles. The molecule has 1 fully saturated rings. The van der Waals surface area contributed by atoms with Crippen molar-refractivity contribution in [3.05, 3.63) is 29.3 Å². The van der Waals surface area contributed by atoms with E-state index in [1.807, 2.05) is 18.2 Å². The summed E-state index contributed by atoms with van der Waals surface area (Å²) < 4.78 is 40.1. The number of hydrogen-bond donors (Lipinski definition) is 0. The van der Waals surface area contributed by atoms with E-state index in [4.69, 9.17) is 4.74 Å². The van der Waals surface area contributed by atoms with Crippen molar-refractivity contribution in [3.63, 3.8) is 0 Å². The van der Waals surface area contributed by atoms with E-state index in [0.29, 0.717) is 19.6 Å². The molecule has 0 bridgehead atoms. The van der Waals surface area contributed by atoms with Gasteiger partial charge in [-0.05, 0) is 23.6 Å². The summed E-state index contributed by atoms with van der Waals surface area (Å²) in [6.45, 7) is 1.05. The number of ether oxygens (including phenoxy) is 1. The first-order chi connectivity index (χ1) is 9.93. The van der Waals surface area contributed by atoms with Crippen LogP contribution in [0.3, 0.4) is 0 Å². The average Bonchev–Trinajstić information content (AvgIpc) is 3.01. The van der Waals surface area contributed by atoms with Gasteiger partial charge in [0.05, 0.1) is 6.61 Å². The van der Waals surface area contributed by atoms with Gasteiger partial charge in [0.1, 0.15) is 11.0 Å². The Balaban J connectivity index is 1.62. The van der Waals surface area contributed by atoms with Crippen molar-refractivity contribution in [2.24, 2.45) is 0 Å². The first-order valence-corrected chi connectivity index (χ1v) is 8.34. The van der Waals surface area contributed by atoms with Crippen molar-refractivity contribution in [1.29, 1.82) is 0 Å². The van der Waals surface area contributed by atoms with E-state index in [2.05, 4.69) is 0 Å². The number of halogens is 1. The van der Waals surface area contributed by atoms with Crippen molar-refractivity contribution in [3.8, 4) is 5.75 Å². The van der Waals surface area contributed by atoms with E-state index in [0.717, 1.165) is 23.3 Å². The Morgan fingerprint density at radius 3 is 2.90 bits per heavy atom. The van der Waals surface area contributed by atoms with Crippen LogP contribution in [0.15, 0.2) is 18.2 Å². The first kappa shape index (κ1) is 14.3. The second-order valence-electron chi connectivity index (χ2n) is 5.43. The van der Waals surface area contributed by atoms with Crippen LogP contribution in [0.1, 0.15) is 17.5 Å². The molecule has 2 heterocycles. The molecule has 0 aliphatic carbocycles. The molecule has 5 nitrogen and oxygen atoms in total. The molecule has 0 N–H and O–H groups in total. The highest BCUT2D eigenvalue weighted by molar-refractivity contribution is 7.87. The van der Waals surface area contributed by atoms with Crippen LogP contribution in [0.2, 0.25) is 0 Å². The molecule has 0 aromatic heterocycles. The third-order valence-electron chi connectivity index (χ3n) is 4.00. The van der Waals surface area contributed by atoms with Crippen molar-refractivity contribution < 1.29 is 21.8 Å². The molecule has 114 valence electrons. The fourth-order valence-electron chi connectivity index (χ4n) is 2.80. The first-order valence-electron chi connectivity index (χ1n) is 6.89. The van der Waals surface area contributed by atoms with Crippen LogP contribution in [0, 0.1) is 0 Å². The van der Waals surface area contributed by atoms with Crippen molar-refractivity contribution >= 4 is 16.1 Å². The third kappa shape index (κ3) is 3.02. The van der Waals surface area contributed by atoms with E-state index >= 15 is 0 Å². The molecule has 7 heteroatoms. The Kier molecular flexibility index (Phi) is 3.61. The van der Waals surface area contributed by atoms with Gasteiger partial charge in [0.15, 0.2) is 0 Å². The van der Waals surface area contributed by atoms with E-state index in [9.17, 15) is 17.1 Å². The molecule has 1 atom stereocenters. The number of benzene rings is 1. The molecule has 21 heavy (non-hydrogen) atoms. The van der Waals surface area contributed by atoms with Gasteiger partial charge in [0, 0.05) is 25.9 Å². The van der Waals surface area contributed by atoms with Crippen LogP contribution in [-0.2, 0) is 27.9 Å². The smallest absolute Gasteiger partial charge is 0.307 e. The monoisotopic (exact) mass is 313 g/mol. The number of rotatable bonds is 4. The van der Waals surface area contributed by atoms with Crippen molar-refractivity contribution in [1.82, 2.24) is 4.90 Å². The normalized spacial score (nSPS) is 21.5. The lowest BCUT2D eigenvalue weighted by Gasteiger charge is -2.16. The summed E-state index contributed by atoms with van der Waals surface area (Å²) in [5, 5.41) is -1.21. The number of fused-ring (bicyclic) bond motifs is 1. The molecule has 1 saturated heterocycles. The summed E-state index contributed by atoms with van der Waals surface area (Å²) in [4.78, 5) is 13.1. The highest BCUT2D eigenvalue weighted by Crippen LogP contribution is 2.26. The maximum Gasteiger partial charge on any atom is 0.307 e. The molecule has 1 aromatic rings. The van der Waals surface area contributed by atoms with Gasteiger partial charge in [0.2, 0.25) is 5.91 Å². The Morgan fingerprint density at radius 1 is 1.38 bits per heavy atom. The lowest BCUT2D eigenvalue weighted by atomic mass is 10.1. The minimum absolute atomic E-state index is 0.0499. The zero-order valence-corrected chi connectivity index (χ0v) is 12.2. The van der Waals surface area contributed by atoms with Gasteiger partial charge in [-0.15, -0.1) is 3.89 Å². The topological polar surface area (TPSA) is 63.7 Å². The molecule has 1 amide bonds. The number of nitrogens with zero attached hydrogens (tertiary/aromatic N) is 1. The highest BCUT2D eigenvalue weighted by Gasteiger charge is 2.38. The molecule has 0 radical (unpaired) electrons. The van der Waals surface area contributed by atoms with Crippen molar-refractivity contribution in [2.75, 3.05) is 19.7 Å². The second kappa shape index (κ2) is 5.29. The largest absolute Gasteiger partial charge is 0.493 e. The van der Waals surface area contributed by atoms with Crippen molar-refractivity contribution in [2.45, 2.75) is 24.5 Å². The molecule has 1 unspecified atom stereocenters. The van der Waals surface area contributed by atoms with Gasteiger partial charge in [-0.25, -0.2) is 0 Å². The Hall–Kier alpha value is -1.63. The third-order valence-corrected chi connectivity index (χ3v) is 5.11. The summed E-state index contributed by atoms with van der Waals surface area (Å²) >= 11 is 0. The van der Waals surface area contributed by atoms with Crippen LogP contribution >= 0.6 is 0 Å². The van der Waals surface area contributed by atoms with Gasteiger partial charge in [0.25, 0.3) is 0 Å². The lowest BCUT2D eigenvalue weighted by Crippen LogP contribution is -2.29. The molecule has 3 rings (SSSR count). The van der Waals surface area contributed by atoms with E-state index < -0.39 is 15.5 Å². The van der Waals surface area contributed by atoms with E-state index in [1.165, 1.54) is 4.90 Å². The molecule has 2 aliphatic rings. The zero-order chi connectivity index (χ0) is 15.0. The van der Waals surface area contributed by atoms with Crippen LogP contribution in [0.5, 0.6) is 5.75 Å². The minimum atomic E-state index is -4.64. The quantitative estimate of drug-likeness (QED) is 0.780. The SMILES string of the molecule is O=C1CC(S(=O)(=O)F)CN1CCc1ccc2c(c1)CCO2. The maximum absolute atomic E-state index is 12.9. The van der Waals surface area contributed by atoms with E-state index in [1.54, 1.807) is 0 Å². The van der Waals surface area contributed by atoms with Crippen LogP contribution in [0.4, 0.5) is 3.89 Å². The van der Waals surface area contributed by atoms with Crippen LogP contribution < -0.4 is 4.74 Å². The Bertz CT molecular complexity index is 674. The molecule has 0 spiro atoms. The van der Waals surface area contributed by atoms with Gasteiger partial charge < -0.3 is 9.64 Å². The standard InChI is InChI=1S/C14H16FNO4S/c15-21(18,19)12-8-14(17)16(9-12)5-3-10-1-2-13-11(7-10)4-6-20-13/h1-2,7,12H,3-6,8-9H2. The Labute approximate surface area is 122 Å². The van der Waals surface area contributed by atoms with Gasteiger partial charge in [-0.1, -0.05) is 12.1 Å². The van der Waals surface area contributed by atoms with Gasteiger partial charge in [-0.3, -0.25) is 4.79 Å². The lowest BCUT2D eigenvalue weighted by molar-refractivity contribution is -0.127. The second-order valence-corrected chi connectivity index (χ2v) is 7.05. The highest BCUT2D eigenvalue weighted by atomic mass is 32.3. The summed E-state index contributed by atoms with van der Waals surface area (Å²) in [5.41, 5.74) is 2.23. The predicted molar refractivity (Wildman–Crippen MR) is 74.4 cm³/mol. The molecule has 1 aromatic carbocycles. The van der Waals surface area contributed by atoms with E-state index in [-0.39, 0.29) is 18.9 Å². The zero-order valence-electron chi connectivity index (χ0n) is 11.4. The summed E-state index contributed by atoms with van der Waals surface area (Å²) in [6.07, 6.45) is 1.25. The van der Waals surface area contributed by atoms with Crippen LogP contribution in [-0.4, -0.2) is 44.2 Å². The molecular formula is C14H16FNO4S. The number of carbonyl (C=O) groups excluding carboxylic acids is 1. The number of hydrogen-bond acceptors (Lipinski definition) is 4. The fourth-order valence-corrected chi connectivity index (χ4v) is 3.50. The van der Waals surface area contributed by atoms with Gasteiger partial charge in [-0.2, -0.15) is 8.42 Å². The maximum atomic E-state index is 12.9. The summed E-state index contributed by atoms with van der Waals surface area (Å²) in [6, 6.07) is 5.90. The number of carbonyl (C=O) groups is 1. The Morgan fingerprint density at radius 2 is 2.19 bits per heavy atom. The molecule has 2 aliphatic heterocycles. The summed E-state index contributed by atoms with van der Waals surface area (Å²) in [7, 11) is -4.64. The number of amides is 1. The number of likely N-dealkylation sites (tertiary alicyclic amines) is 1. The minimum Gasteiger partial charge on any atom is -0.493 e. The molecular weight excluding hydrogens is 297 g/mol. The predicted octanol–water partition coefficient (Wildman–Crippen LogP) is 1.06.